The van der Waals surface area contributed by atoms with Gasteiger partial charge in [0, 0.05) is 5.02 Å². The van der Waals surface area contributed by atoms with Crippen LogP contribution in [0.15, 0.2) is 77.0 Å². The second-order valence-corrected chi connectivity index (χ2v) is 10.2. The van der Waals surface area contributed by atoms with Crippen LogP contribution in [0.25, 0.3) is 10.8 Å². The molecular formula is C20H16ClN5O2S2. The van der Waals surface area contributed by atoms with Crippen molar-refractivity contribution in [2.75, 3.05) is 5.84 Å². The van der Waals surface area contributed by atoms with E-state index in [4.69, 9.17) is 17.4 Å². The molecule has 1 aromatic heterocycles. The van der Waals surface area contributed by atoms with Gasteiger partial charge in [-0.25, -0.2) is 17.8 Å². The fourth-order valence-electron chi connectivity index (χ4n) is 3.77. The molecule has 0 spiro atoms. The number of nitrogen functional groups attached to an aromatic ring is 1. The van der Waals surface area contributed by atoms with E-state index in [-0.39, 0.29) is 10.1 Å². The number of nitrogens with one attached hydrogen (secondary N) is 1. The van der Waals surface area contributed by atoms with E-state index in [0.717, 1.165) is 21.9 Å². The van der Waals surface area contributed by atoms with E-state index in [2.05, 4.69) is 14.9 Å². The summed E-state index contributed by atoms with van der Waals surface area (Å²) < 4.78 is 30.5. The van der Waals surface area contributed by atoms with Crippen molar-refractivity contribution in [3.63, 3.8) is 0 Å². The van der Waals surface area contributed by atoms with Crippen molar-refractivity contribution in [2.45, 2.75) is 21.3 Å². The van der Waals surface area contributed by atoms with Gasteiger partial charge < -0.3 is 5.84 Å². The molecule has 0 unspecified atom stereocenters. The van der Waals surface area contributed by atoms with Gasteiger partial charge in [0.2, 0.25) is 15.2 Å². The van der Waals surface area contributed by atoms with Gasteiger partial charge in [-0.15, -0.1) is 10.2 Å². The average Bonchev–Trinajstić information content (AvgIpc) is 3.26. The van der Waals surface area contributed by atoms with Gasteiger partial charge in [0.05, 0.1) is 16.2 Å². The summed E-state index contributed by atoms with van der Waals surface area (Å²) >= 11 is 7.30. The number of nitrogens with zero attached hydrogens (tertiary/aromatic N) is 3. The molecular weight excluding hydrogens is 442 g/mol. The Morgan fingerprint density at radius 3 is 2.40 bits per heavy atom. The van der Waals surface area contributed by atoms with E-state index < -0.39 is 16.1 Å². The summed E-state index contributed by atoms with van der Waals surface area (Å²) in [6.45, 7) is 0. The van der Waals surface area contributed by atoms with Crippen LogP contribution >= 0.6 is 23.4 Å². The molecule has 4 aromatic rings. The highest BCUT2D eigenvalue weighted by molar-refractivity contribution is 7.99. The predicted molar refractivity (Wildman–Crippen MR) is 117 cm³/mol. The molecule has 1 heterocycles. The Morgan fingerprint density at radius 1 is 1.03 bits per heavy atom. The minimum Gasteiger partial charge on any atom is -0.336 e. The summed E-state index contributed by atoms with van der Waals surface area (Å²) in [6, 6.07) is 17.5. The first-order valence-electron chi connectivity index (χ1n) is 9.05. The topological polar surface area (TPSA) is 103 Å². The third kappa shape index (κ3) is 3.24. The van der Waals surface area contributed by atoms with Crippen molar-refractivity contribution in [1.29, 1.82) is 0 Å². The molecule has 30 heavy (non-hydrogen) atoms. The fraction of sp³-hybridized carbons (Fsp3) is 0.100. The molecule has 1 aliphatic carbocycles. The van der Waals surface area contributed by atoms with Gasteiger partial charge in [-0.1, -0.05) is 59.8 Å². The molecule has 3 N–H and O–H groups in total. The molecule has 0 bridgehead atoms. The average molecular weight is 458 g/mol. The highest BCUT2D eigenvalue weighted by Crippen LogP contribution is 2.52. The first-order valence-corrected chi connectivity index (χ1v) is 11.8. The maximum atomic E-state index is 13.2. The van der Waals surface area contributed by atoms with Crippen LogP contribution in [0.4, 0.5) is 0 Å². The number of rotatable bonds is 5. The van der Waals surface area contributed by atoms with Crippen LogP contribution in [0.1, 0.15) is 22.4 Å². The lowest BCUT2D eigenvalue weighted by molar-refractivity contribution is 0.557. The van der Waals surface area contributed by atoms with E-state index >= 15 is 0 Å². The molecule has 0 fully saturated rings. The summed E-state index contributed by atoms with van der Waals surface area (Å²) in [6.07, 6.45) is 1.41. The van der Waals surface area contributed by atoms with Gasteiger partial charge in [-0.05, 0) is 46.2 Å². The number of thioether (sulfide) groups is 1. The monoisotopic (exact) mass is 457 g/mol. The molecule has 0 saturated heterocycles. The Morgan fingerprint density at radius 2 is 1.73 bits per heavy atom. The number of hydrogen-bond donors (Lipinski definition) is 2. The van der Waals surface area contributed by atoms with E-state index in [9.17, 15) is 8.42 Å². The molecule has 10 heteroatoms. The second kappa shape index (κ2) is 7.28. The lowest BCUT2D eigenvalue weighted by atomic mass is 10.1. The number of halogens is 1. The predicted octanol–water partition coefficient (Wildman–Crippen LogP) is 3.67. The first-order chi connectivity index (χ1) is 14.4. The third-order valence-electron chi connectivity index (χ3n) is 5.09. The molecule has 2 atom stereocenters. The Hall–Kier alpha value is -2.59. The van der Waals surface area contributed by atoms with E-state index in [0.29, 0.717) is 10.2 Å². The van der Waals surface area contributed by atoms with Crippen LogP contribution in [0.2, 0.25) is 5.02 Å². The smallest absolute Gasteiger partial charge is 0.241 e. The zero-order chi connectivity index (χ0) is 20.9. The summed E-state index contributed by atoms with van der Waals surface area (Å²) in [5.41, 5.74) is 1.95. The molecule has 7 nitrogen and oxygen atoms in total. The molecule has 5 rings (SSSR count). The lowest BCUT2D eigenvalue weighted by Crippen LogP contribution is -2.30. The van der Waals surface area contributed by atoms with Crippen molar-refractivity contribution < 1.29 is 8.42 Å². The number of hydrogen-bond acceptors (Lipinski definition) is 6. The lowest BCUT2D eigenvalue weighted by Gasteiger charge is -2.22. The summed E-state index contributed by atoms with van der Waals surface area (Å²) in [5.74, 6) is 5.92. The standard InChI is InChI=1S/C20H16ClN5O2S2/c21-13-7-9-14(10-8-13)30(27,28)25-18-15-5-1-3-12-4-2-6-16(17(12)15)19(18)29-20-24-23-11-26(20)22/h1-11,18-19,25H,22H2/t18-,19+/m1/s1. The minimum absolute atomic E-state index is 0.153. The second-order valence-electron chi connectivity index (χ2n) is 6.90. The fourth-order valence-corrected chi connectivity index (χ4v) is 6.38. The molecule has 0 saturated carbocycles. The summed E-state index contributed by atoms with van der Waals surface area (Å²) in [5, 5.41) is 10.7. The van der Waals surface area contributed by atoms with Crippen LogP contribution < -0.4 is 10.6 Å². The Kier molecular flexibility index (Phi) is 4.70. The Labute approximate surface area is 182 Å². The van der Waals surface area contributed by atoms with Crippen LogP contribution in [0.3, 0.4) is 0 Å². The molecule has 1 aliphatic rings. The van der Waals surface area contributed by atoms with E-state index in [1.165, 1.54) is 34.9 Å². The van der Waals surface area contributed by atoms with Crippen molar-refractivity contribution in [2.24, 2.45) is 0 Å². The van der Waals surface area contributed by atoms with Crippen molar-refractivity contribution in [3.8, 4) is 0 Å². The summed E-state index contributed by atoms with van der Waals surface area (Å²) in [7, 11) is -3.79. The van der Waals surface area contributed by atoms with Crippen molar-refractivity contribution in [3.05, 3.63) is 83.1 Å². The molecule has 152 valence electrons. The SMILES string of the molecule is Nn1cnnc1S[C@H]1c2cccc3cccc(c23)[C@H]1NS(=O)(=O)c1ccc(Cl)cc1. The van der Waals surface area contributed by atoms with E-state index in [1.807, 2.05) is 36.4 Å². The van der Waals surface area contributed by atoms with Crippen molar-refractivity contribution in [1.82, 2.24) is 19.6 Å². The maximum absolute atomic E-state index is 13.2. The largest absolute Gasteiger partial charge is 0.336 e. The number of nitrogens with two attached hydrogens (primary N) is 1. The number of aromatic nitrogens is 3. The zero-order valence-electron chi connectivity index (χ0n) is 15.4. The van der Waals surface area contributed by atoms with Gasteiger partial charge in [-0.2, -0.15) is 0 Å². The highest BCUT2D eigenvalue weighted by Gasteiger charge is 2.38. The molecule has 0 aliphatic heterocycles. The normalized spacial score (nSPS) is 18.2. The molecule has 3 aromatic carbocycles. The third-order valence-corrected chi connectivity index (χ3v) is 8.08. The van der Waals surface area contributed by atoms with Gasteiger partial charge >= 0.3 is 0 Å². The van der Waals surface area contributed by atoms with Gasteiger partial charge in [-0.3, -0.25) is 0 Å². The van der Waals surface area contributed by atoms with Crippen LogP contribution in [-0.2, 0) is 10.0 Å². The number of benzene rings is 3. The minimum atomic E-state index is -3.79. The summed E-state index contributed by atoms with van der Waals surface area (Å²) in [4.78, 5) is 0.153. The van der Waals surface area contributed by atoms with Crippen LogP contribution in [0, 0.1) is 0 Å². The Balaban J connectivity index is 1.60. The maximum Gasteiger partial charge on any atom is 0.241 e. The van der Waals surface area contributed by atoms with Crippen LogP contribution in [-0.4, -0.2) is 23.3 Å². The first kappa shape index (κ1) is 19.4. The molecule has 0 radical (unpaired) electrons. The highest BCUT2D eigenvalue weighted by atomic mass is 35.5. The van der Waals surface area contributed by atoms with Gasteiger partial charge in [0.25, 0.3) is 0 Å². The Bertz CT molecular complexity index is 1350. The van der Waals surface area contributed by atoms with Crippen molar-refractivity contribution >= 4 is 44.2 Å². The van der Waals surface area contributed by atoms with Gasteiger partial charge in [0.15, 0.2) is 0 Å². The number of sulfonamides is 1. The van der Waals surface area contributed by atoms with Crippen LogP contribution in [0.5, 0.6) is 0 Å². The zero-order valence-corrected chi connectivity index (χ0v) is 17.8. The molecule has 0 amide bonds. The van der Waals surface area contributed by atoms with Gasteiger partial charge in [0.1, 0.15) is 6.33 Å². The quantitative estimate of drug-likeness (QED) is 0.443. The van der Waals surface area contributed by atoms with E-state index in [1.54, 1.807) is 12.1 Å².